The van der Waals surface area contributed by atoms with E-state index >= 15 is 0 Å². The number of esters is 4. The molecule has 63 heavy (non-hydrogen) atoms. The number of para-hydroxylation sites is 2. The van der Waals surface area contributed by atoms with Crippen LogP contribution in [0.5, 0.6) is 23.0 Å². The third kappa shape index (κ3) is 9.57. The average Bonchev–Trinajstić information content (AvgIpc) is 3.23. The van der Waals surface area contributed by atoms with Crippen LogP contribution < -0.4 is 4.74 Å². The number of aliphatic hydroxyl groups excluding tert-OH is 4. The molecule has 13 unspecified atom stereocenters. The molecule has 2 aromatic rings. The molecule has 2 aromatic carbocycles. The number of aromatic hydroxyl groups is 3. The molecule has 22 heteroatoms. The maximum absolute atomic E-state index is 14.3. The zero-order valence-electron chi connectivity index (χ0n) is 33.6. The van der Waals surface area contributed by atoms with Gasteiger partial charge in [-0.1, -0.05) is 18.2 Å². The van der Waals surface area contributed by atoms with Crippen LogP contribution in [0.1, 0.15) is 47.4 Å². The van der Waals surface area contributed by atoms with Crippen molar-refractivity contribution in [2.75, 3.05) is 19.8 Å². The Morgan fingerprint density at radius 3 is 2.24 bits per heavy atom. The SMILES string of the molecule is C=CC1C(OC2OC(COC(C)=O)C(CC(=O)c3cccc(OC4OC(CO)C(O)C(O)C4O)c3O)C(OC(C)=O)C2OC(=O)c2cccc(O)c2O)OC=C2C(=O)OCCC21O. The highest BCUT2D eigenvalue weighted by molar-refractivity contribution is 5.99. The molecule has 0 radical (unpaired) electrons. The van der Waals surface area contributed by atoms with Gasteiger partial charge in [-0.25, -0.2) is 9.59 Å². The lowest BCUT2D eigenvalue weighted by Crippen LogP contribution is -2.61. The van der Waals surface area contributed by atoms with Gasteiger partial charge in [0.1, 0.15) is 60.0 Å². The van der Waals surface area contributed by atoms with E-state index in [0.29, 0.717) is 0 Å². The van der Waals surface area contributed by atoms with Crippen molar-refractivity contribution >= 4 is 29.7 Å². The minimum Gasteiger partial charge on any atom is -0.504 e. The number of ether oxygens (including phenoxy) is 9. The highest BCUT2D eigenvalue weighted by atomic mass is 16.8. The zero-order chi connectivity index (χ0) is 45.9. The maximum Gasteiger partial charge on any atom is 0.342 e. The van der Waals surface area contributed by atoms with Crippen LogP contribution >= 0.6 is 0 Å². The van der Waals surface area contributed by atoms with Crippen molar-refractivity contribution in [1.82, 2.24) is 0 Å². The first-order valence-corrected chi connectivity index (χ1v) is 19.4. The van der Waals surface area contributed by atoms with Gasteiger partial charge >= 0.3 is 23.9 Å². The number of carbonyl (C=O) groups is 5. The largest absolute Gasteiger partial charge is 0.504 e. The molecule has 8 N–H and O–H groups in total. The lowest BCUT2D eigenvalue weighted by atomic mass is 9.76. The maximum atomic E-state index is 14.3. The Morgan fingerprint density at radius 1 is 0.857 bits per heavy atom. The summed E-state index contributed by atoms with van der Waals surface area (Å²) >= 11 is 0. The standard InChI is InChI=1S/C41H46O22/c1-4-22-38(57-15-23-37(53)55-12-11-41(22,23)54)63-40-35(62-36(52)20-8-5-9-24(45)29(20)47)34(58-18(3)44)21(28(61-40)16-56-17(2)43)13-25(46)19-7-6-10-26(30(19)48)59-39-33(51)32(50)31(49)27(14-42)60-39/h4-10,15,21-22,27-28,31-35,38-40,42,45,47-51,54H,1,11-14,16H2,2-3H3. The summed E-state index contributed by atoms with van der Waals surface area (Å²) in [5, 5.41) is 84.2. The molecule has 0 amide bonds. The number of rotatable bonds is 14. The summed E-state index contributed by atoms with van der Waals surface area (Å²) in [5.41, 5.74) is -3.21. The first-order valence-electron chi connectivity index (χ1n) is 19.4. The first-order chi connectivity index (χ1) is 29.9. The van der Waals surface area contributed by atoms with Crippen LogP contribution in [-0.2, 0) is 52.3 Å². The Hall–Kier alpha value is -5.85. The fourth-order valence-corrected chi connectivity index (χ4v) is 7.67. The molecule has 0 bridgehead atoms. The van der Waals surface area contributed by atoms with Crippen LogP contribution in [0, 0.1) is 11.8 Å². The quantitative estimate of drug-likeness (QED) is 0.0384. The number of carbonyl (C=O) groups excluding carboxylic acids is 5. The Balaban J connectivity index is 1.38. The highest BCUT2D eigenvalue weighted by Crippen LogP contribution is 2.44. The van der Waals surface area contributed by atoms with Crippen molar-refractivity contribution in [1.29, 1.82) is 0 Å². The molecule has 0 spiro atoms. The third-order valence-electron chi connectivity index (χ3n) is 10.9. The van der Waals surface area contributed by atoms with E-state index in [2.05, 4.69) is 6.58 Å². The number of hydrogen-bond donors (Lipinski definition) is 8. The molecule has 6 rings (SSSR count). The van der Waals surface area contributed by atoms with Crippen molar-refractivity contribution in [3.8, 4) is 23.0 Å². The average molecular weight is 891 g/mol. The van der Waals surface area contributed by atoms with E-state index in [4.69, 9.17) is 42.6 Å². The molecule has 13 atom stereocenters. The number of cyclic esters (lactones) is 1. The Morgan fingerprint density at radius 2 is 1.56 bits per heavy atom. The summed E-state index contributed by atoms with van der Waals surface area (Å²) in [5.74, 6) is -10.5. The Kier molecular flexibility index (Phi) is 14.3. The Bertz CT molecular complexity index is 2100. The number of benzene rings is 2. The van der Waals surface area contributed by atoms with Crippen molar-refractivity contribution in [2.24, 2.45) is 11.8 Å². The van der Waals surface area contributed by atoms with Gasteiger partial charge in [0.25, 0.3) is 0 Å². The molecule has 22 nitrogen and oxygen atoms in total. The lowest BCUT2D eigenvalue weighted by molar-refractivity contribution is -0.337. The number of Topliss-reactive ketones (excluding diaryl/α,β-unsaturated/α-hetero) is 1. The molecular formula is C41H46O22. The van der Waals surface area contributed by atoms with Gasteiger partial charge in [-0.2, -0.15) is 0 Å². The van der Waals surface area contributed by atoms with E-state index in [0.717, 1.165) is 32.2 Å². The number of hydrogen-bond acceptors (Lipinski definition) is 22. The van der Waals surface area contributed by atoms with Crippen LogP contribution in [0.3, 0.4) is 0 Å². The number of aliphatic hydroxyl groups is 5. The fourth-order valence-electron chi connectivity index (χ4n) is 7.67. The van der Waals surface area contributed by atoms with E-state index in [-0.39, 0.29) is 18.6 Å². The van der Waals surface area contributed by atoms with Gasteiger partial charge in [0.05, 0.1) is 31.0 Å². The summed E-state index contributed by atoms with van der Waals surface area (Å²) in [6.45, 7) is 4.17. The van der Waals surface area contributed by atoms with Gasteiger partial charge < -0.3 is 83.5 Å². The zero-order valence-corrected chi connectivity index (χ0v) is 33.6. The molecule has 0 aromatic heterocycles. The number of phenols is 3. The predicted molar refractivity (Wildman–Crippen MR) is 203 cm³/mol. The molecule has 4 aliphatic rings. The van der Waals surface area contributed by atoms with Gasteiger partial charge in [-0.15, -0.1) is 6.58 Å². The summed E-state index contributed by atoms with van der Waals surface area (Å²) in [6.07, 6.45) is -16.0. The van der Waals surface area contributed by atoms with Crippen LogP contribution in [0.4, 0.5) is 0 Å². The molecule has 0 aliphatic carbocycles. The monoisotopic (exact) mass is 890 g/mol. The van der Waals surface area contributed by atoms with E-state index in [1.165, 1.54) is 30.3 Å². The van der Waals surface area contributed by atoms with E-state index in [1.54, 1.807) is 0 Å². The number of fused-ring (bicyclic) bond motifs is 1. The van der Waals surface area contributed by atoms with Crippen LogP contribution in [0.15, 0.2) is 60.9 Å². The number of phenolic OH excluding ortho intramolecular Hbond substituents is 3. The summed E-state index contributed by atoms with van der Waals surface area (Å²) in [6, 6.07) is 6.98. The number of ketones is 1. The summed E-state index contributed by atoms with van der Waals surface area (Å²) in [7, 11) is 0. The fraction of sp³-hybridized carbons (Fsp3) is 0.488. The minimum absolute atomic E-state index is 0.123. The molecule has 4 heterocycles. The van der Waals surface area contributed by atoms with Crippen molar-refractivity contribution in [2.45, 2.75) is 93.9 Å². The van der Waals surface area contributed by atoms with Crippen LogP contribution in [0.2, 0.25) is 0 Å². The molecule has 342 valence electrons. The van der Waals surface area contributed by atoms with Crippen LogP contribution in [0.25, 0.3) is 0 Å². The minimum atomic E-state index is -1.95. The highest BCUT2D eigenvalue weighted by Gasteiger charge is 2.57. The van der Waals surface area contributed by atoms with E-state index in [1.807, 2.05) is 0 Å². The van der Waals surface area contributed by atoms with Gasteiger partial charge in [0.15, 0.2) is 34.9 Å². The smallest absolute Gasteiger partial charge is 0.342 e. The first kappa shape index (κ1) is 46.6. The van der Waals surface area contributed by atoms with E-state index in [9.17, 15) is 64.8 Å². The third-order valence-corrected chi connectivity index (χ3v) is 10.9. The predicted octanol–water partition coefficient (Wildman–Crippen LogP) is -0.647. The van der Waals surface area contributed by atoms with Crippen LogP contribution in [-0.4, -0.2) is 158 Å². The van der Waals surface area contributed by atoms with Gasteiger partial charge in [0, 0.05) is 32.6 Å². The summed E-state index contributed by atoms with van der Waals surface area (Å²) in [4.78, 5) is 65.6. The molecule has 3 saturated heterocycles. The lowest BCUT2D eigenvalue weighted by Gasteiger charge is -2.48. The van der Waals surface area contributed by atoms with Gasteiger partial charge in [0.2, 0.25) is 18.9 Å². The van der Waals surface area contributed by atoms with Gasteiger partial charge in [-0.3, -0.25) is 14.4 Å². The van der Waals surface area contributed by atoms with Crippen molar-refractivity contribution < 1.29 is 107 Å². The molecule has 3 fully saturated rings. The van der Waals surface area contributed by atoms with E-state index < -0.39 is 162 Å². The molecular weight excluding hydrogens is 844 g/mol. The van der Waals surface area contributed by atoms with Gasteiger partial charge in [-0.05, 0) is 24.3 Å². The Labute approximate surface area is 357 Å². The van der Waals surface area contributed by atoms with Crippen molar-refractivity contribution in [3.05, 3.63) is 72.0 Å². The van der Waals surface area contributed by atoms with Crippen molar-refractivity contribution in [3.63, 3.8) is 0 Å². The topological polar surface area (TPSA) is 330 Å². The molecule has 0 saturated carbocycles. The second-order valence-corrected chi connectivity index (χ2v) is 15.0. The summed E-state index contributed by atoms with van der Waals surface area (Å²) < 4.78 is 50.9. The second-order valence-electron chi connectivity index (χ2n) is 15.0. The normalized spacial score (nSPS) is 32.7. The second kappa shape index (κ2) is 19.3. The molecule has 4 aliphatic heterocycles.